The highest BCUT2D eigenvalue weighted by Gasteiger charge is 2.13. The Balaban J connectivity index is 2.74. The van der Waals surface area contributed by atoms with Gasteiger partial charge in [-0.25, -0.2) is 0 Å². The number of aromatic nitrogens is 1. The Bertz CT molecular complexity index is 339. The Morgan fingerprint density at radius 2 is 2.18 bits per heavy atom. The minimum Gasteiger partial charge on any atom is -0.385 e. The second-order valence-corrected chi connectivity index (χ2v) is 4.46. The van der Waals surface area contributed by atoms with Crippen molar-refractivity contribution in [2.24, 2.45) is 0 Å². The summed E-state index contributed by atoms with van der Waals surface area (Å²) in [6.07, 6.45) is 4.07. The number of nitrogens with one attached hydrogen (secondary N) is 1. The van der Waals surface area contributed by atoms with E-state index in [1.807, 2.05) is 6.20 Å². The van der Waals surface area contributed by atoms with Crippen molar-refractivity contribution >= 4 is 0 Å². The predicted molar refractivity (Wildman–Crippen MR) is 71.2 cm³/mol. The van der Waals surface area contributed by atoms with Crippen LogP contribution >= 0.6 is 0 Å². The molecule has 1 unspecified atom stereocenters. The average molecular weight is 236 g/mol. The van der Waals surface area contributed by atoms with Gasteiger partial charge in [0.1, 0.15) is 0 Å². The molecule has 1 N–H and O–H groups in total. The zero-order valence-corrected chi connectivity index (χ0v) is 11.4. The summed E-state index contributed by atoms with van der Waals surface area (Å²) in [7, 11) is 1.75. The van der Waals surface area contributed by atoms with Crippen LogP contribution in [0.25, 0.3) is 0 Å². The molecular formula is C14H24N2O. The number of hydrogen-bond donors (Lipinski definition) is 1. The van der Waals surface area contributed by atoms with Gasteiger partial charge in [-0.15, -0.1) is 0 Å². The van der Waals surface area contributed by atoms with E-state index >= 15 is 0 Å². The summed E-state index contributed by atoms with van der Waals surface area (Å²) >= 11 is 0. The SMILES string of the molecule is CCNC(CCCOC)c1ncc(C)cc1C. The van der Waals surface area contributed by atoms with E-state index in [1.165, 1.54) is 16.8 Å². The number of aryl methyl sites for hydroxylation is 2. The minimum atomic E-state index is 0.343. The van der Waals surface area contributed by atoms with Crippen LogP contribution in [0.4, 0.5) is 0 Å². The third kappa shape index (κ3) is 4.44. The number of rotatable bonds is 7. The van der Waals surface area contributed by atoms with Crippen molar-refractivity contribution < 1.29 is 4.74 Å². The van der Waals surface area contributed by atoms with Crippen molar-refractivity contribution in [1.29, 1.82) is 0 Å². The molecule has 0 aliphatic carbocycles. The molecule has 1 rings (SSSR count). The predicted octanol–water partition coefficient (Wildman–Crippen LogP) is 2.78. The van der Waals surface area contributed by atoms with Crippen molar-refractivity contribution in [3.63, 3.8) is 0 Å². The van der Waals surface area contributed by atoms with Crippen LogP contribution in [0.1, 0.15) is 42.6 Å². The summed E-state index contributed by atoms with van der Waals surface area (Å²) in [6.45, 7) is 8.12. The fraction of sp³-hybridized carbons (Fsp3) is 0.643. The Hall–Kier alpha value is -0.930. The Morgan fingerprint density at radius 1 is 1.41 bits per heavy atom. The van der Waals surface area contributed by atoms with E-state index in [-0.39, 0.29) is 0 Å². The number of hydrogen-bond acceptors (Lipinski definition) is 3. The molecule has 1 heterocycles. The van der Waals surface area contributed by atoms with Crippen LogP contribution in [0.15, 0.2) is 12.3 Å². The summed E-state index contributed by atoms with van der Waals surface area (Å²) in [6, 6.07) is 2.54. The first-order chi connectivity index (χ1) is 8.19. The highest BCUT2D eigenvalue weighted by Crippen LogP contribution is 2.20. The summed E-state index contributed by atoms with van der Waals surface area (Å²) < 4.78 is 5.11. The van der Waals surface area contributed by atoms with Crippen molar-refractivity contribution in [1.82, 2.24) is 10.3 Å². The molecule has 1 aromatic heterocycles. The van der Waals surface area contributed by atoms with Crippen molar-refractivity contribution in [3.05, 3.63) is 29.1 Å². The Kier molecular flexibility index (Phi) is 6.16. The van der Waals surface area contributed by atoms with Crippen molar-refractivity contribution in [3.8, 4) is 0 Å². The molecule has 96 valence electrons. The third-order valence-corrected chi connectivity index (χ3v) is 2.88. The van der Waals surface area contributed by atoms with E-state index in [4.69, 9.17) is 4.74 Å². The van der Waals surface area contributed by atoms with Gasteiger partial charge < -0.3 is 10.1 Å². The van der Waals surface area contributed by atoms with Crippen LogP contribution in [-0.2, 0) is 4.74 Å². The summed E-state index contributed by atoms with van der Waals surface area (Å²) in [4.78, 5) is 4.57. The number of ether oxygens (including phenoxy) is 1. The number of methoxy groups -OCH3 is 1. The molecule has 0 bridgehead atoms. The van der Waals surface area contributed by atoms with Gasteiger partial charge in [0, 0.05) is 26.0 Å². The van der Waals surface area contributed by atoms with E-state index in [1.54, 1.807) is 7.11 Å². The molecule has 0 aliphatic heterocycles. The summed E-state index contributed by atoms with van der Waals surface area (Å²) in [5.41, 5.74) is 3.67. The average Bonchev–Trinajstić information content (AvgIpc) is 2.28. The monoisotopic (exact) mass is 236 g/mol. The molecule has 0 radical (unpaired) electrons. The Morgan fingerprint density at radius 3 is 2.76 bits per heavy atom. The van der Waals surface area contributed by atoms with Crippen molar-refractivity contribution in [2.45, 2.75) is 39.7 Å². The fourth-order valence-corrected chi connectivity index (χ4v) is 2.10. The van der Waals surface area contributed by atoms with Crippen LogP contribution in [0.5, 0.6) is 0 Å². The molecule has 0 aliphatic rings. The summed E-state index contributed by atoms with van der Waals surface area (Å²) in [5.74, 6) is 0. The third-order valence-electron chi connectivity index (χ3n) is 2.88. The lowest BCUT2D eigenvalue weighted by atomic mass is 10.0. The van der Waals surface area contributed by atoms with Gasteiger partial charge in [0.15, 0.2) is 0 Å². The van der Waals surface area contributed by atoms with Gasteiger partial charge in [0.2, 0.25) is 0 Å². The molecule has 0 fully saturated rings. The van der Waals surface area contributed by atoms with E-state index in [0.29, 0.717) is 6.04 Å². The molecule has 3 heteroatoms. The molecule has 17 heavy (non-hydrogen) atoms. The minimum absolute atomic E-state index is 0.343. The van der Waals surface area contributed by atoms with Crippen LogP contribution in [0.3, 0.4) is 0 Å². The van der Waals surface area contributed by atoms with Gasteiger partial charge >= 0.3 is 0 Å². The largest absolute Gasteiger partial charge is 0.385 e. The second-order valence-electron chi connectivity index (χ2n) is 4.46. The maximum atomic E-state index is 5.11. The first-order valence-corrected chi connectivity index (χ1v) is 6.34. The molecular weight excluding hydrogens is 212 g/mol. The van der Waals surface area contributed by atoms with Gasteiger partial charge in [0.25, 0.3) is 0 Å². The lowest BCUT2D eigenvalue weighted by molar-refractivity contribution is 0.188. The smallest absolute Gasteiger partial charge is 0.0602 e. The fourth-order valence-electron chi connectivity index (χ4n) is 2.10. The number of nitrogens with zero attached hydrogens (tertiary/aromatic N) is 1. The Labute approximate surface area is 105 Å². The van der Waals surface area contributed by atoms with Gasteiger partial charge in [-0.05, 0) is 44.4 Å². The highest BCUT2D eigenvalue weighted by atomic mass is 16.5. The molecule has 0 saturated heterocycles. The summed E-state index contributed by atoms with van der Waals surface area (Å²) in [5, 5.41) is 3.50. The quantitative estimate of drug-likeness (QED) is 0.739. The molecule has 0 aromatic carbocycles. The van der Waals surface area contributed by atoms with Gasteiger partial charge in [-0.1, -0.05) is 13.0 Å². The zero-order valence-electron chi connectivity index (χ0n) is 11.4. The van der Waals surface area contributed by atoms with Crippen LogP contribution in [0.2, 0.25) is 0 Å². The molecule has 1 atom stereocenters. The van der Waals surface area contributed by atoms with Gasteiger partial charge in [-0.2, -0.15) is 0 Å². The van der Waals surface area contributed by atoms with Crippen LogP contribution in [-0.4, -0.2) is 25.2 Å². The lowest BCUT2D eigenvalue weighted by Gasteiger charge is -2.19. The molecule has 0 spiro atoms. The van der Waals surface area contributed by atoms with E-state index < -0.39 is 0 Å². The van der Waals surface area contributed by atoms with Gasteiger partial charge in [0.05, 0.1) is 5.69 Å². The normalized spacial score (nSPS) is 12.7. The standard InChI is InChI=1S/C14H24N2O/c1-5-15-13(7-6-8-17-4)14-12(3)9-11(2)10-16-14/h9-10,13,15H,5-8H2,1-4H3. The topological polar surface area (TPSA) is 34.1 Å². The number of pyridine rings is 1. The van der Waals surface area contributed by atoms with E-state index in [0.717, 1.165) is 26.0 Å². The first-order valence-electron chi connectivity index (χ1n) is 6.34. The maximum absolute atomic E-state index is 5.11. The zero-order chi connectivity index (χ0) is 12.7. The van der Waals surface area contributed by atoms with Crippen LogP contribution < -0.4 is 5.32 Å². The van der Waals surface area contributed by atoms with Crippen molar-refractivity contribution in [2.75, 3.05) is 20.3 Å². The van der Waals surface area contributed by atoms with Crippen LogP contribution in [0, 0.1) is 13.8 Å². The lowest BCUT2D eigenvalue weighted by Crippen LogP contribution is -2.23. The first kappa shape index (κ1) is 14.1. The highest BCUT2D eigenvalue weighted by molar-refractivity contribution is 5.25. The molecule has 3 nitrogen and oxygen atoms in total. The maximum Gasteiger partial charge on any atom is 0.0602 e. The second kappa shape index (κ2) is 7.41. The molecule has 1 aromatic rings. The van der Waals surface area contributed by atoms with E-state index in [9.17, 15) is 0 Å². The van der Waals surface area contributed by atoms with Gasteiger partial charge in [-0.3, -0.25) is 4.98 Å². The van der Waals surface area contributed by atoms with E-state index in [2.05, 4.69) is 37.1 Å². The molecule has 0 saturated carbocycles. The molecule has 0 amide bonds.